The van der Waals surface area contributed by atoms with Gasteiger partial charge in [-0.15, -0.1) is 0 Å². The number of rotatable bonds is 6. The molecular weight excluding hydrogens is 475 g/mol. The molecule has 0 fully saturated rings. The van der Waals surface area contributed by atoms with Gasteiger partial charge in [0, 0.05) is 22.4 Å². The Bertz CT molecular complexity index is 1090. The van der Waals surface area contributed by atoms with E-state index in [9.17, 15) is 20.5 Å². The van der Waals surface area contributed by atoms with Crippen molar-refractivity contribution in [2.75, 3.05) is 5.32 Å². The summed E-state index contributed by atoms with van der Waals surface area (Å²) in [7, 11) is 0. The van der Waals surface area contributed by atoms with Gasteiger partial charge >= 0.3 is 5.69 Å². The summed E-state index contributed by atoms with van der Waals surface area (Å²) in [4.78, 5) is 14.4. The lowest BCUT2D eigenvalue weighted by Gasteiger charge is -2.04. The minimum atomic E-state index is -0.686. The van der Waals surface area contributed by atoms with E-state index in [1.54, 1.807) is 0 Å². The molecule has 3 aromatic rings. The van der Waals surface area contributed by atoms with Gasteiger partial charge in [-0.1, -0.05) is 34.7 Å². The van der Waals surface area contributed by atoms with E-state index in [0.717, 1.165) is 10.1 Å². The van der Waals surface area contributed by atoms with Crippen LogP contribution >= 0.6 is 22.6 Å². The van der Waals surface area contributed by atoms with Crippen LogP contribution in [0.5, 0.6) is 5.75 Å². The lowest BCUT2D eigenvalue weighted by Crippen LogP contribution is -1.93. The fraction of sp³-hybridized carbons (Fsp3) is 0.0556. The average Bonchev–Trinajstić information content (AvgIpc) is 3.09. The van der Waals surface area contributed by atoms with Crippen LogP contribution in [0.15, 0.2) is 47.5 Å². The monoisotopic (exact) mass is 488 g/mol. The Kier molecular flexibility index (Phi) is 5.85. The first-order chi connectivity index (χ1) is 13.5. The average molecular weight is 488 g/mol. The molecule has 0 bridgehead atoms. The molecule has 0 atom stereocenters. The van der Waals surface area contributed by atoms with Crippen LogP contribution in [0.1, 0.15) is 16.7 Å². The third-order valence-corrected chi connectivity index (χ3v) is 4.65. The topological polar surface area (TPSA) is 140 Å². The summed E-state index contributed by atoms with van der Waals surface area (Å²) in [6.07, 6.45) is 1.35. The standard InChI is InChI=1S/C18H13IN6O3/c19-8-11-1-4-13(5-2-11)22-18-14(9-20)17(23-24-18)21-10-12-3-6-16(26)15(7-12)25(27)28/h1-7,10,26H,8H2,(H2,22,23,24)/b21-10+. The molecule has 3 rings (SSSR count). The normalized spacial score (nSPS) is 10.7. The molecule has 9 nitrogen and oxygen atoms in total. The summed E-state index contributed by atoms with van der Waals surface area (Å²) in [6, 6.07) is 13.7. The lowest BCUT2D eigenvalue weighted by molar-refractivity contribution is -0.385. The number of phenolic OH excluding ortho intramolecular Hbond substituents is 1. The number of nitro groups is 1. The van der Waals surface area contributed by atoms with Crippen molar-refractivity contribution in [2.45, 2.75) is 4.43 Å². The lowest BCUT2D eigenvalue weighted by atomic mass is 10.2. The van der Waals surface area contributed by atoms with Crippen molar-refractivity contribution in [1.82, 2.24) is 10.2 Å². The smallest absolute Gasteiger partial charge is 0.311 e. The summed E-state index contributed by atoms with van der Waals surface area (Å²) in [5, 5.41) is 39.7. The molecular formula is C18H13IN6O3. The molecule has 1 heterocycles. The van der Waals surface area contributed by atoms with Crippen LogP contribution in [0.25, 0.3) is 0 Å². The van der Waals surface area contributed by atoms with Crippen molar-refractivity contribution in [3.8, 4) is 11.8 Å². The van der Waals surface area contributed by atoms with Crippen LogP contribution in [0.3, 0.4) is 0 Å². The van der Waals surface area contributed by atoms with Crippen LogP contribution < -0.4 is 5.32 Å². The molecule has 3 N–H and O–H groups in total. The minimum absolute atomic E-state index is 0.211. The van der Waals surface area contributed by atoms with Crippen molar-refractivity contribution < 1.29 is 10.0 Å². The Morgan fingerprint density at radius 2 is 2.11 bits per heavy atom. The molecule has 0 amide bonds. The van der Waals surface area contributed by atoms with E-state index >= 15 is 0 Å². The highest BCUT2D eigenvalue weighted by Crippen LogP contribution is 2.28. The molecule has 140 valence electrons. The highest BCUT2D eigenvalue weighted by molar-refractivity contribution is 14.1. The molecule has 1 aromatic heterocycles. The zero-order valence-electron chi connectivity index (χ0n) is 14.3. The number of hydrogen-bond donors (Lipinski definition) is 3. The summed E-state index contributed by atoms with van der Waals surface area (Å²) in [5.41, 5.74) is 2.14. The van der Waals surface area contributed by atoms with Gasteiger partial charge in [0.15, 0.2) is 17.4 Å². The Morgan fingerprint density at radius 1 is 1.36 bits per heavy atom. The maximum absolute atomic E-state index is 10.9. The van der Waals surface area contributed by atoms with E-state index in [1.165, 1.54) is 30.0 Å². The number of nitro benzene ring substituents is 1. The largest absolute Gasteiger partial charge is 0.502 e. The first kappa shape index (κ1) is 19.3. The zero-order valence-corrected chi connectivity index (χ0v) is 16.4. The van der Waals surface area contributed by atoms with E-state index < -0.39 is 16.4 Å². The molecule has 10 heteroatoms. The number of benzene rings is 2. The van der Waals surface area contributed by atoms with Crippen LogP contribution in [-0.2, 0) is 4.43 Å². The Balaban J connectivity index is 1.84. The predicted octanol–water partition coefficient (Wildman–Crippen LogP) is 4.32. The number of nitriles is 1. The van der Waals surface area contributed by atoms with E-state index in [-0.39, 0.29) is 11.4 Å². The van der Waals surface area contributed by atoms with Crippen LogP contribution in [0.2, 0.25) is 0 Å². The van der Waals surface area contributed by atoms with Gasteiger partial charge in [0.2, 0.25) is 0 Å². The van der Waals surface area contributed by atoms with Gasteiger partial charge in [-0.05, 0) is 35.4 Å². The molecule has 0 unspecified atom stereocenters. The molecule has 0 radical (unpaired) electrons. The van der Waals surface area contributed by atoms with Crippen LogP contribution in [0.4, 0.5) is 23.0 Å². The maximum Gasteiger partial charge on any atom is 0.311 e. The number of alkyl halides is 1. The molecule has 0 saturated carbocycles. The summed E-state index contributed by atoms with van der Waals surface area (Å²) in [6.45, 7) is 0. The molecule has 0 spiro atoms. The van der Waals surface area contributed by atoms with Crippen molar-refractivity contribution in [2.24, 2.45) is 4.99 Å². The number of anilines is 2. The highest BCUT2D eigenvalue weighted by Gasteiger charge is 2.14. The SMILES string of the molecule is N#Cc1c(Nc2ccc(CI)cc2)n[nH]c1/N=C/c1ccc(O)c([N+](=O)[O-])c1. The molecule has 2 aromatic carbocycles. The number of halogens is 1. The van der Waals surface area contributed by atoms with E-state index in [0.29, 0.717) is 11.4 Å². The quantitative estimate of drug-likeness (QED) is 0.155. The van der Waals surface area contributed by atoms with E-state index in [4.69, 9.17) is 0 Å². The Morgan fingerprint density at radius 3 is 2.75 bits per heavy atom. The highest BCUT2D eigenvalue weighted by atomic mass is 127. The Labute approximate surface area is 173 Å². The second-order valence-electron chi connectivity index (χ2n) is 5.63. The maximum atomic E-state index is 10.9. The fourth-order valence-electron chi connectivity index (χ4n) is 2.34. The molecule has 0 aliphatic heterocycles. The van der Waals surface area contributed by atoms with Gasteiger partial charge in [-0.25, -0.2) is 4.99 Å². The van der Waals surface area contributed by atoms with Crippen LogP contribution in [-0.4, -0.2) is 26.4 Å². The van der Waals surface area contributed by atoms with E-state index in [2.05, 4.69) is 43.1 Å². The number of aliphatic imine (C=N–C) groups is 1. The van der Waals surface area contributed by atoms with E-state index in [1.807, 2.05) is 30.3 Å². The van der Waals surface area contributed by atoms with Crippen molar-refractivity contribution >= 4 is 51.8 Å². The number of nitrogens with one attached hydrogen (secondary N) is 2. The zero-order chi connectivity index (χ0) is 20.1. The number of hydrogen-bond acceptors (Lipinski definition) is 7. The summed E-state index contributed by atoms with van der Waals surface area (Å²) in [5.74, 6) is 0.111. The molecule has 0 aliphatic rings. The van der Waals surface area contributed by atoms with Crippen molar-refractivity contribution in [3.63, 3.8) is 0 Å². The molecule has 0 aliphatic carbocycles. The minimum Gasteiger partial charge on any atom is -0.502 e. The number of phenols is 1. The number of nitrogens with zero attached hydrogens (tertiary/aromatic N) is 4. The number of aromatic hydroxyl groups is 1. The number of aromatic nitrogens is 2. The molecule has 0 saturated heterocycles. The van der Waals surface area contributed by atoms with Crippen molar-refractivity contribution in [3.05, 3.63) is 69.3 Å². The Hall–Kier alpha value is -3.46. The van der Waals surface area contributed by atoms with Gasteiger partial charge in [0.25, 0.3) is 0 Å². The number of aromatic amines is 1. The van der Waals surface area contributed by atoms with Gasteiger partial charge in [0.1, 0.15) is 11.6 Å². The first-order valence-electron chi connectivity index (χ1n) is 7.93. The third-order valence-electron chi connectivity index (χ3n) is 3.77. The van der Waals surface area contributed by atoms with Gasteiger partial charge in [-0.3, -0.25) is 15.2 Å². The third kappa shape index (κ3) is 4.26. The number of H-pyrrole nitrogens is 1. The summed E-state index contributed by atoms with van der Waals surface area (Å²) >= 11 is 2.28. The predicted molar refractivity (Wildman–Crippen MR) is 113 cm³/mol. The summed E-state index contributed by atoms with van der Waals surface area (Å²) < 4.78 is 0.901. The van der Waals surface area contributed by atoms with Crippen LogP contribution in [0, 0.1) is 21.4 Å². The van der Waals surface area contributed by atoms with Gasteiger partial charge < -0.3 is 10.4 Å². The van der Waals surface area contributed by atoms with Crippen molar-refractivity contribution in [1.29, 1.82) is 5.26 Å². The first-order valence-corrected chi connectivity index (χ1v) is 9.46. The van der Waals surface area contributed by atoms with Gasteiger partial charge in [-0.2, -0.15) is 10.4 Å². The second kappa shape index (κ2) is 8.49. The fourth-order valence-corrected chi connectivity index (χ4v) is 2.85. The van der Waals surface area contributed by atoms with Gasteiger partial charge in [0.05, 0.1) is 4.92 Å². The second-order valence-corrected chi connectivity index (χ2v) is 6.39. The molecule has 28 heavy (non-hydrogen) atoms.